The smallest absolute Gasteiger partial charge is 0.242 e. The summed E-state index contributed by atoms with van der Waals surface area (Å²) in [5.74, 6) is -0.326. The van der Waals surface area contributed by atoms with Gasteiger partial charge in [0.2, 0.25) is 11.9 Å². The van der Waals surface area contributed by atoms with Crippen molar-refractivity contribution in [3.8, 4) is 0 Å². The molecule has 2 aliphatic rings. The van der Waals surface area contributed by atoms with Crippen LogP contribution in [0.2, 0.25) is 0 Å². The molecule has 2 fully saturated rings. The number of carbonyl (C=O) groups is 1. The van der Waals surface area contributed by atoms with E-state index < -0.39 is 15.5 Å². The van der Waals surface area contributed by atoms with Gasteiger partial charge in [-0.3, -0.25) is 4.79 Å². The number of hydrogen-bond donors (Lipinski definition) is 2. The van der Waals surface area contributed by atoms with E-state index in [2.05, 4.69) is 15.3 Å². The minimum Gasteiger partial charge on any atom is -0.342 e. The second kappa shape index (κ2) is 6.40. The van der Waals surface area contributed by atoms with Gasteiger partial charge in [-0.1, -0.05) is 0 Å². The monoisotopic (exact) mass is 404 g/mol. The molecule has 0 unspecified atom stereocenters. The van der Waals surface area contributed by atoms with E-state index in [1.807, 2.05) is 0 Å². The first-order valence-corrected chi connectivity index (χ1v) is 10.8. The van der Waals surface area contributed by atoms with E-state index in [0.29, 0.717) is 17.1 Å². The van der Waals surface area contributed by atoms with Crippen LogP contribution in [-0.4, -0.2) is 56.9 Å². The van der Waals surface area contributed by atoms with Gasteiger partial charge in [-0.2, -0.15) is 4.98 Å². The van der Waals surface area contributed by atoms with Crippen LogP contribution < -0.4 is 10.2 Å². The van der Waals surface area contributed by atoms with Crippen molar-refractivity contribution in [3.05, 3.63) is 36.3 Å². The molecule has 1 amide bonds. The Morgan fingerprint density at radius 2 is 1.96 bits per heavy atom. The molecular weight excluding hydrogens is 383 g/mol. The molecule has 1 aliphatic carbocycles. The average molecular weight is 404 g/mol. The maximum absolute atomic E-state index is 14.4. The normalized spacial score (nSPS) is 20.2. The minimum absolute atomic E-state index is 0.0505. The quantitative estimate of drug-likeness (QED) is 0.810. The molecule has 2 aromatic rings. The Labute approximate surface area is 162 Å². The number of nitrogens with one attached hydrogen (secondary N) is 2. The van der Waals surface area contributed by atoms with Gasteiger partial charge >= 0.3 is 0 Å². The Morgan fingerprint density at radius 3 is 2.57 bits per heavy atom. The standard InChI is InChI=1S/C18H21FN6O2S/c1-24-15(26)10-25(11-18(24)7-8-18)16-14(19)9-21-17(23-16)22-12-3-5-13(6-4-12)28(2,20)27/h3-6,9,20H,7-8,10-11H2,1-2H3,(H,21,22,23)/t28-/m0/s1. The van der Waals surface area contributed by atoms with Crippen LogP contribution in [0, 0.1) is 10.6 Å². The molecule has 0 radical (unpaired) electrons. The topological polar surface area (TPSA) is 102 Å². The van der Waals surface area contributed by atoms with Crippen LogP contribution in [0.15, 0.2) is 35.4 Å². The third kappa shape index (κ3) is 3.39. The van der Waals surface area contributed by atoms with E-state index in [1.165, 1.54) is 6.26 Å². The summed E-state index contributed by atoms with van der Waals surface area (Å²) >= 11 is 0. The molecular formula is C18H21FN6O2S. The molecule has 1 atom stereocenters. The number of anilines is 3. The molecule has 8 nitrogen and oxygen atoms in total. The molecule has 1 spiro atoms. The minimum atomic E-state index is -2.79. The van der Waals surface area contributed by atoms with Gasteiger partial charge < -0.3 is 15.1 Å². The van der Waals surface area contributed by atoms with E-state index in [9.17, 15) is 13.4 Å². The first-order valence-electron chi connectivity index (χ1n) is 8.83. The second-order valence-corrected chi connectivity index (χ2v) is 9.55. The summed E-state index contributed by atoms with van der Waals surface area (Å²) in [5.41, 5.74) is 0.415. The van der Waals surface area contributed by atoms with Crippen molar-refractivity contribution in [3.63, 3.8) is 0 Å². The molecule has 2 heterocycles. The summed E-state index contributed by atoms with van der Waals surface area (Å²) in [5, 5.41) is 2.98. The number of hydrogen-bond acceptors (Lipinski definition) is 7. The fourth-order valence-corrected chi connectivity index (χ4v) is 4.06. The van der Waals surface area contributed by atoms with Crippen LogP contribution in [0.3, 0.4) is 0 Å². The fraction of sp³-hybridized carbons (Fsp3) is 0.389. The predicted molar refractivity (Wildman–Crippen MR) is 104 cm³/mol. The van der Waals surface area contributed by atoms with E-state index in [1.54, 1.807) is 41.1 Å². The molecule has 148 valence electrons. The summed E-state index contributed by atoms with van der Waals surface area (Å²) in [7, 11) is -0.989. The Hall–Kier alpha value is -2.75. The highest BCUT2D eigenvalue weighted by Crippen LogP contribution is 2.44. The van der Waals surface area contributed by atoms with Gasteiger partial charge in [0.15, 0.2) is 11.6 Å². The van der Waals surface area contributed by atoms with Crippen molar-refractivity contribution in [2.24, 2.45) is 0 Å². The van der Waals surface area contributed by atoms with Crippen molar-refractivity contribution < 1.29 is 13.4 Å². The molecule has 1 saturated carbocycles. The number of piperazine rings is 1. The van der Waals surface area contributed by atoms with Crippen LogP contribution in [0.5, 0.6) is 0 Å². The zero-order valence-corrected chi connectivity index (χ0v) is 16.4. The number of amides is 1. The maximum atomic E-state index is 14.4. The molecule has 0 bridgehead atoms. The van der Waals surface area contributed by atoms with Crippen LogP contribution in [0.1, 0.15) is 12.8 Å². The van der Waals surface area contributed by atoms with E-state index in [-0.39, 0.29) is 29.8 Å². The van der Waals surface area contributed by atoms with Crippen LogP contribution in [0.4, 0.5) is 21.8 Å². The Morgan fingerprint density at radius 1 is 1.29 bits per heavy atom. The molecule has 1 aromatic heterocycles. The molecule has 2 N–H and O–H groups in total. The van der Waals surface area contributed by atoms with Crippen LogP contribution in [0.25, 0.3) is 0 Å². The lowest BCUT2D eigenvalue weighted by Gasteiger charge is -2.40. The summed E-state index contributed by atoms with van der Waals surface area (Å²) in [6.45, 7) is 0.625. The second-order valence-electron chi connectivity index (χ2n) is 7.39. The van der Waals surface area contributed by atoms with Gasteiger partial charge in [-0.15, -0.1) is 0 Å². The number of aromatic nitrogens is 2. The largest absolute Gasteiger partial charge is 0.342 e. The summed E-state index contributed by atoms with van der Waals surface area (Å²) in [6.07, 6.45) is 4.26. The van der Waals surface area contributed by atoms with Gasteiger partial charge in [0.25, 0.3) is 0 Å². The molecule has 28 heavy (non-hydrogen) atoms. The van der Waals surface area contributed by atoms with Gasteiger partial charge in [0.1, 0.15) is 0 Å². The molecule has 4 rings (SSSR count). The van der Waals surface area contributed by atoms with Crippen molar-refractivity contribution in [1.82, 2.24) is 14.9 Å². The predicted octanol–water partition coefficient (Wildman–Crippen LogP) is 2.21. The van der Waals surface area contributed by atoms with Crippen molar-refractivity contribution >= 4 is 33.1 Å². The first kappa shape index (κ1) is 18.6. The van der Waals surface area contributed by atoms with Gasteiger partial charge in [0.05, 0.1) is 28.0 Å². The highest BCUT2D eigenvalue weighted by Gasteiger charge is 2.53. The first-order chi connectivity index (χ1) is 13.2. The number of rotatable bonds is 4. The maximum Gasteiger partial charge on any atom is 0.242 e. The summed E-state index contributed by atoms with van der Waals surface area (Å²) < 4.78 is 33.8. The summed E-state index contributed by atoms with van der Waals surface area (Å²) in [4.78, 5) is 24.4. The van der Waals surface area contributed by atoms with Crippen LogP contribution >= 0.6 is 0 Å². The number of nitrogens with zero attached hydrogens (tertiary/aromatic N) is 4. The number of likely N-dealkylation sites (N-methyl/N-ethyl adjacent to an activating group) is 1. The lowest BCUT2D eigenvalue weighted by molar-refractivity contribution is -0.132. The van der Waals surface area contributed by atoms with E-state index >= 15 is 0 Å². The highest BCUT2D eigenvalue weighted by molar-refractivity contribution is 7.91. The van der Waals surface area contributed by atoms with Crippen molar-refractivity contribution in [2.45, 2.75) is 23.3 Å². The number of halogens is 1. The Balaban J connectivity index is 1.57. The highest BCUT2D eigenvalue weighted by atomic mass is 32.2. The zero-order chi connectivity index (χ0) is 20.1. The van der Waals surface area contributed by atoms with Crippen molar-refractivity contribution in [1.29, 1.82) is 4.78 Å². The summed E-state index contributed by atoms with van der Waals surface area (Å²) in [6, 6.07) is 6.52. The lowest BCUT2D eigenvalue weighted by atomic mass is 10.1. The number of benzene rings is 1. The van der Waals surface area contributed by atoms with Gasteiger partial charge in [-0.05, 0) is 37.1 Å². The average Bonchev–Trinajstić information content (AvgIpc) is 3.41. The fourth-order valence-electron chi connectivity index (χ4n) is 3.41. The Bertz CT molecular complexity index is 1040. The van der Waals surface area contributed by atoms with E-state index in [4.69, 9.17) is 4.78 Å². The van der Waals surface area contributed by atoms with Gasteiger partial charge in [0, 0.05) is 30.4 Å². The number of carbonyl (C=O) groups excluding carboxylic acids is 1. The molecule has 1 aliphatic heterocycles. The molecule has 10 heteroatoms. The van der Waals surface area contributed by atoms with Gasteiger partial charge in [-0.25, -0.2) is 18.4 Å². The van der Waals surface area contributed by atoms with E-state index in [0.717, 1.165) is 19.0 Å². The third-order valence-corrected chi connectivity index (χ3v) is 6.48. The third-order valence-electron chi connectivity index (χ3n) is 5.31. The van der Waals surface area contributed by atoms with Crippen LogP contribution in [-0.2, 0) is 14.5 Å². The zero-order valence-electron chi connectivity index (χ0n) is 15.6. The lowest BCUT2D eigenvalue weighted by Crippen LogP contribution is -2.57. The van der Waals surface area contributed by atoms with Crippen molar-refractivity contribution in [2.75, 3.05) is 36.6 Å². The SMILES string of the molecule is CN1C(=O)CN(c2nc(Nc3ccc([S@@](C)(=N)=O)cc3)ncc2F)CC12CC2. The molecule has 1 aromatic carbocycles. The molecule has 1 saturated heterocycles. The Kier molecular flexibility index (Phi) is 4.25.